The Labute approximate surface area is 110 Å². The molecule has 1 aliphatic rings. The summed E-state index contributed by atoms with van der Waals surface area (Å²) in [5.74, 6) is 1.32. The summed E-state index contributed by atoms with van der Waals surface area (Å²) < 4.78 is 5.40. The lowest BCUT2D eigenvalue weighted by Gasteiger charge is -2.17. The molecule has 1 aromatic rings. The second kappa shape index (κ2) is 4.02. The molecule has 2 nitrogen and oxygen atoms in total. The van der Waals surface area contributed by atoms with Crippen LogP contribution in [0.15, 0.2) is 18.2 Å². The molecule has 0 aliphatic heterocycles. The van der Waals surface area contributed by atoms with Crippen molar-refractivity contribution in [3.63, 3.8) is 0 Å². The van der Waals surface area contributed by atoms with Crippen molar-refractivity contribution in [1.29, 1.82) is 5.26 Å². The summed E-state index contributed by atoms with van der Waals surface area (Å²) in [4.78, 5) is 0. The smallest absolute Gasteiger partial charge is 0.122 e. The molecule has 96 valence electrons. The number of hydrogen-bond acceptors (Lipinski definition) is 2. The van der Waals surface area contributed by atoms with Crippen LogP contribution >= 0.6 is 0 Å². The molecule has 2 heteroatoms. The Bertz CT molecular complexity index is 510. The summed E-state index contributed by atoms with van der Waals surface area (Å²) >= 11 is 0. The van der Waals surface area contributed by atoms with Gasteiger partial charge in [0.05, 0.1) is 18.6 Å². The Hall–Kier alpha value is -1.49. The highest BCUT2D eigenvalue weighted by atomic mass is 16.5. The van der Waals surface area contributed by atoms with E-state index in [1.54, 1.807) is 7.11 Å². The summed E-state index contributed by atoms with van der Waals surface area (Å²) in [6.45, 7) is 8.63. The molecule has 0 amide bonds. The minimum atomic E-state index is -0.303. The first kappa shape index (κ1) is 13.0. The maximum atomic E-state index is 9.52. The normalized spacial score (nSPS) is 24.7. The quantitative estimate of drug-likeness (QED) is 0.803. The standard InChI is InChI=1S/C16H21NO/c1-11(2)13-8-12(6-7-14(13)18-5)16(10-17)9-15(16,3)4/h6-8,11H,9H2,1-5H3. The number of nitriles is 1. The van der Waals surface area contributed by atoms with Gasteiger partial charge in [-0.2, -0.15) is 5.26 Å². The second-order valence-corrected chi connectivity index (χ2v) is 6.19. The molecular weight excluding hydrogens is 222 g/mol. The number of benzene rings is 1. The molecule has 1 saturated carbocycles. The zero-order valence-corrected chi connectivity index (χ0v) is 11.9. The highest BCUT2D eigenvalue weighted by Crippen LogP contribution is 2.64. The predicted octanol–water partition coefficient (Wildman–Crippen LogP) is 4.01. The topological polar surface area (TPSA) is 33.0 Å². The Morgan fingerprint density at radius 3 is 2.33 bits per heavy atom. The van der Waals surface area contributed by atoms with Crippen LogP contribution in [0, 0.1) is 16.7 Å². The first-order chi connectivity index (χ1) is 8.38. The van der Waals surface area contributed by atoms with Gasteiger partial charge >= 0.3 is 0 Å². The first-order valence-electron chi connectivity index (χ1n) is 6.47. The van der Waals surface area contributed by atoms with E-state index in [1.807, 2.05) is 12.1 Å². The summed E-state index contributed by atoms with van der Waals surface area (Å²) in [6, 6.07) is 8.72. The highest BCUT2D eigenvalue weighted by Gasteiger charge is 2.63. The molecule has 0 heterocycles. The van der Waals surface area contributed by atoms with Gasteiger partial charge in [-0.05, 0) is 34.9 Å². The third kappa shape index (κ3) is 1.70. The lowest BCUT2D eigenvalue weighted by Crippen LogP contribution is -2.12. The summed E-state index contributed by atoms with van der Waals surface area (Å²) in [7, 11) is 1.70. The molecule has 0 saturated heterocycles. The van der Waals surface area contributed by atoms with Crippen LogP contribution in [0.1, 0.15) is 51.2 Å². The zero-order valence-electron chi connectivity index (χ0n) is 11.9. The SMILES string of the molecule is COc1ccc(C2(C#N)CC2(C)C)cc1C(C)C. The van der Waals surface area contributed by atoms with Crippen molar-refractivity contribution in [2.45, 2.75) is 45.4 Å². The van der Waals surface area contributed by atoms with Crippen LogP contribution in [0.3, 0.4) is 0 Å². The summed E-state index contributed by atoms with van der Waals surface area (Å²) in [5.41, 5.74) is 2.11. The molecule has 0 aromatic heterocycles. The molecule has 1 aromatic carbocycles. The molecular formula is C16H21NO. The minimum absolute atomic E-state index is 0.0879. The fraction of sp³-hybridized carbons (Fsp3) is 0.562. The Morgan fingerprint density at radius 2 is 1.94 bits per heavy atom. The lowest BCUT2D eigenvalue weighted by atomic mass is 9.86. The summed E-state index contributed by atoms with van der Waals surface area (Å²) in [6.07, 6.45) is 0.945. The molecule has 1 fully saturated rings. The van der Waals surface area contributed by atoms with E-state index in [0.717, 1.165) is 17.7 Å². The average Bonchev–Trinajstić information content (AvgIpc) is 2.92. The summed E-state index contributed by atoms with van der Waals surface area (Å²) in [5, 5.41) is 9.52. The Balaban J connectivity index is 2.50. The van der Waals surface area contributed by atoms with Crippen molar-refractivity contribution in [2.24, 2.45) is 5.41 Å². The van der Waals surface area contributed by atoms with Gasteiger partial charge in [0.15, 0.2) is 0 Å². The van der Waals surface area contributed by atoms with E-state index < -0.39 is 0 Å². The number of ether oxygens (including phenoxy) is 1. The molecule has 0 bridgehead atoms. The Kier molecular flexibility index (Phi) is 2.89. The van der Waals surface area contributed by atoms with Gasteiger partial charge in [-0.1, -0.05) is 39.8 Å². The van der Waals surface area contributed by atoms with Gasteiger partial charge in [-0.3, -0.25) is 0 Å². The highest BCUT2D eigenvalue weighted by molar-refractivity contribution is 5.50. The van der Waals surface area contributed by atoms with Gasteiger partial charge in [-0.25, -0.2) is 0 Å². The molecule has 0 radical (unpaired) electrons. The van der Waals surface area contributed by atoms with Crippen molar-refractivity contribution in [1.82, 2.24) is 0 Å². The molecule has 18 heavy (non-hydrogen) atoms. The molecule has 0 N–H and O–H groups in total. The predicted molar refractivity (Wildman–Crippen MR) is 72.8 cm³/mol. The largest absolute Gasteiger partial charge is 0.496 e. The van der Waals surface area contributed by atoms with Crippen LogP contribution in [-0.2, 0) is 5.41 Å². The first-order valence-corrected chi connectivity index (χ1v) is 6.47. The van der Waals surface area contributed by atoms with E-state index in [-0.39, 0.29) is 10.8 Å². The fourth-order valence-electron chi connectivity index (χ4n) is 2.82. The van der Waals surface area contributed by atoms with Crippen molar-refractivity contribution in [3.8, 4) is 11.8 Å². The van der Waals surface area contributed by atoms with Crippen molar-refractivity contribution in [2.75, 3.05) is 7.11 Å². The molecule has 1 aliphatic carbocycles. The van der Waals surface area contributed by atoms with E-state index in [4.69, 9.17) is 4.74 Å². The second-order valence-electron chi connectivity index (χ2n) is 6.19. The van der Waals surface area contributed by atoms with E-state index in [9.17, 15) is 5.26 Å². The van der Waals surface area contributed by atoms with E-state index in [0.29, 0.717) is 5.92 Å². The van der Waals surface area contributed by atoms with Gasteiger partial charge in [0.2, 0.25) is 0 Å². The van der Waals surface area contributed by atoms with Crippen molar-refractivity contribution >= 4 is 0 Å². The van der Waals surface area contributed by atoms with Crippen molar-refractivity contribution in [3.05, 3.63) is 29.3 Å². The maximum Gasteiger partial charge on any atom is 0.122 e. The van der Waals surface area contributed by atoms with Crippen LogP contribution in [0.2, 0.25) is 0 Å². The number of rotatable bonds is 3. The van der Waals surface area contributed by atoms with Crippen LogP contribution in [-0.4, -0.2) is 7.11 Å². The number of nitrogens with zero attached hydrogens (tertiary/aromatic N) is 1. The zero-order chi connectivity index (χ0) is 13.6. The molecule has 2 rings (SSSR count). The third-order valence-corrected chi connectivity index (χ3v) is 4.27. The van der Waals surface area contributed by atoms with E-state index in [2.05, 4.69) is 39.8 Å². The van der Waals surface area contributed by atoms with Crippen LogP contribution in [0.25, 0.3) is 0 Å². The molecule has 0 spiro atoms. The third-order valence-electron chi connectivity index (χ3n) is 4.27. The molecule has 1 unspecified atom stereocenters. The Morgan fingerprint density at radius 1 is 1.33 bits per heavy atom. The fourth-order valence-corrected chi connectivity index (χ4v) is 2.82. The van der Waals surface area contributed by atoms with Crippen LogP contribution < -0.4 is 4.74 Å². The van der Waals surface area contributed by atoms with Gasteiger partial charge in [0.1, 0.15) is 5.75 Å². The van der Waals surface area contributed by atoms with Crippen LogP contribution in [0.5, 0.6) is 5.75 Å². The van der Waals surface area contributed by atoms with Gasteiger partial charge in [-0.15, -0.1) is 0 Å². The van der Waals surface area contributed by atoms with E-state index >= 15 is 0 Å². The minimum Gasteiger partial charge on any atom is -0.496 e. The number of methoxy groups -OCH3 is 1. The maximum absolute atomic E-state index is 9.52. The van der Waals surface area contributed by atoms with Gasteiger partial charge < -0.3 is 4.74 Å². The number of hydrogen-bond donors (Lipinski definition) is 0. The van der Waals surface area contributed by atoms with Crippen LogP contribution in [0.4, 0.5) is 0 Å². The average molecular weight is 243 g/mol. The van der Waals surface area contributed by atoms with Crippen molar-refractivity contribution < 1.29 is 4.74 Å². The van der Waals surface area contributed by atoms with E-state index in [1.165, 1.54) is 5.56 Å². The monoisotopic (exact) mass is 243 g/mol. The lowest BCUT2D eigenvalue weighted by molar-refractivity contribution is 0.407. The molecule has 1 atom stereocenters. The van der Waals surface area contributed by atoms with Gasteiger partial charge in [0, 0.05) is 0 Å². The van der Waals surface area contributed by atoms with Gasteiger partial charge in [0.25, 0.3) is 0 Å².